The molecule has 0 spiro atoms. The van der Waals surface area contributed by atoms with Gasteiger partial charge in [0.05, 0.1) is 22.5 Å². The molecule has 8 nitrogen and oxygen atoms in total. The number of aromatic nitrogens is 6. The Balaban J connectivity index is 1.26. The molecule has 0 aliphatic heterocycles. The minimum atomic E-state index is 0.251. The van der Waals surface area contributed by atoms with Gasteiger partial charge in [0, 0.05) is 27.9 Å². The van der Waals surface area contributed by atoms with Gasteiger partial charge in [-0.2, -0.15) is 19.9 Å². The predicted molar refractivity (Wildman–Crippen MR) is 278 cm³/mol. The summed E-state index contributed by atoms with van der Waals surface area (Å²) >= 11 is 0. The van der Waals surface area contributed by atoms with Gasteiger partial charge in [0.2, 0.25) is 11.9 Å². The summed E-state index contributed by atoms with van der Waals surface area (Å²) in [7, 11) is 0. The normalized spacial score (nSPS) is 11.9. The number of anilines is 6. The molecule has 0 aliphatic rings. The van der Waals surface area contributed by atoms with Crippen molar-refractivity contribution in [2.75, 3.05) is 9.80 Å². The molecule has 10 rings (SSSR count). The zero-order chi connectivity index (χ0) is 50.2. The third-order valence-corrected chi connectivity index (χ3v) is 11.7. The molecule has 330 valence electrons. The fourth-order valence-electron chi connectivity index (χ4n) is 8.85. The van der Waals surface area contributed by atoms with Gasteiger partial charge in [-0.05, 0) is 99.2 Å². The highest BCUT2D eigenvalue weighted by atomic mass is 15.4. The van der Waals surface area contributed by atoms with E-state index in [-0.39, 0.29) is 36.1 Å². The van der Waals surface area contributed by atoms with Gasteiger partial charge in [0.1, 0.15) is 0 Å². The fourth-order valence-corrected chi connectivity index (χ4v) is 8.85. The van der Waals surface area contributed by atoms with E-state index in [0.29, 0.717) is 79.4 Å². The van der Waals surface area contributed by atoms with Crippen molar-refractivity contribution in [1.82, 2.24) is 29.9 Å². The van der Waals surface area contributed by atoms with Gasteiger partial charge >= 0.3 is 0 Å². The van der Waals surface area contributed by atoms with Crippen LogP contribution in [0.4, 0.5) is 34.6 Å². The van der Waals surface area contributed by atoms with Crippen molar-refractivity contribution < 1.29 is 5.48 Å². The molecule has 68 heavy (non-hydrogen) atoms. The lowest BCUT2D eigenvalue weighted by molar-refractivity contribution is 0.964. The average molecular weight is 887 g/mol. The molecule has 0 fully saturated rings. The number of hydrogen-bond acceptors (Lipinski definition) is 8. The van der Waals surface area contributed by atoms with Crippen molar-refractivity contribution in [2.45, 2.75) is 41.5 Å². The van der Waals surface area contributed by atoms with Crippen LogP contribution in [-0.4, -0.2) is 29.9 Å². The number of nitrogens with zero attached hydrogens (tertiary/aromatic N) is 8. The molecular weight excluding hydrogens is 833 g/mol. The van der Waals surface area contributed by atoms with Crippen LogP contribution in [0.25, 0.3) is 56.7 Å². The third-order valence-electron chi connectivity index (χ3n) is 11.7. The van der Waals surface area contributed by atoms with E-state index in [2.05, 4.69) is 18.2 Å². The van der Waals surface area contributed by atoms with Gasteiger partial charge in [-0.1, -0.05) is 181 Å². The van der Waals surface area contributed by atoms with E-state index < -0.39 is 0 Å². The van der Waals surface area contributed by atoms with Gasteiger partial charge in [-0.3, -0.25) is 0 Å². The van der Waals surface area contributed by atoms with E-state index in [9.17, 15) is 0 Å². The first-order valence-electron chi connectivity index (χ1n) is 24.6. The molecule has 0 saturated heterocycles. The van der Waals surface area contributed by atoms with Crippen molar-refractivity contribution in [2.24, 2.45) is 0 Å². The average Bonchev–Trinajstić information content (AvgIpc) is 3.43. The molecule has 0 N–H and O–H groups in total. The Kier molecular flexibility index (Phi) is 10.6. The Morgan fingerprint density at radius 2 is 0.618 bits per heavy atom. The molecule has 8 aromatic carbocycles. The quantitative estimate of drug-likeness (QED) is 0.127. The Bertz CT molecular complexity index is 3450. The Hall–Kier alpha value is -8.62. The minimum Gasteiger partial charge on any atom is -0.309 e. The van der Waals surface area contributed by atoms with Crippen LogP contribution in [0.2, 0.25) is 0 Å². The maximum Gasteiger partial charge on any atom is 0.241 e. The molecule has 2 heterocycles. The predicted octanol–water partition coefficient (Wildman–Crippen LogP) is 15.2. The Labute approximate surface area is 404 Å². The van der Waals surface area contributed by atoms with Crippen molar-refractivity contribution in [3.8, 4) is 56.7 Å². The first kappa shape index (κ1) is 38.6. The van der Waals surface area contributed by atoms with Crippen LogP contribution in [0.3, 0.4) is 0 Å². The smallest absolute Gasteiger partial charge is 0.241 e. The van der Waals surface area contributed by atoms with Gasteiger partial charge in [0.25, 0.3) is 0 Å². The Morgan fingerprint density at radius 3 is 1.01 bits per heavy atom. The lowest BCUT2D eigenvalue weighted by Crippen LogP contribution is -2.19. The monoisotopic (exact) mass is 886 g/mol. The first-order valence-corrected chi connectivity index (χ1v) is 22.6. The molecule has 0 amide bonds. The van der Waals surface area contributed by atoms with E-state index in [1.807, 2.05) is 189 Å². The van der Waals surface area contributed by atoms with E-state index in [0.717, 1.165) is 33.4 Å². The highest BCUT2D eigenvalue weighted by Gasteiger charge is 2.27. The molecule has 10 aromatic rings. The summed E-state index contributed by atoms with van der Waals surface area (Å²) in [5, 5.41) is 0. The summed E-state index contributed by atoms with van der Waals surface area (Å²) in [6, 6.07) is 56.5. The van der Waals surface area contributed by atoms with Crippen molar-refractivity contribution >= 4 is 34.6 Å². The summed E-state index contributed by atoms with van der Waals surface area (Å²) in [6.07, 6.45) is 0. The zero-order valence-corrected chi connectivity index (χ0v) is 38.7. The molecule has 0 aliphatic carbocycles. The van der Waals surface area contributed by atoms with Crippen LogP contribution in [0.1, 0.15) is 38.9 Å². The number of benzene rings is 8. The Morgan fingerprint density at radius 1 is 0.309 bits per heavy atom. The summed E-state index contributed by atoms with van der Waals surface area (Å²) in [4.78, 5) is 35.1. The maximum absolute atomic E-state index is 9.16. The fraction of sp³-hybridized carbons (Fsp3) is 0.100. The van der Waals surface area contributed by atoms with Crippen LogP contribution in [0, 0.1) is 41.5 Å². The summed E-state index contributed by atoms with van der Waals surface area (Å²) in [5.41, 5.74) is 11.6. The molecule has 0 radical (unpaired) electrons. The largest absolute Gasteiger partial charge is 0.309 e. The third kappa shape index (κ3) is 8.75. The summed E-state index contributed by atoms with van der Waals surface area (Å²) < 4.78 is 36.6. The van der Waals surface area contributed by atoms with Gasteiger partial charge in [-0.25, -0.2) is 14.9 Å². The van der Waals surface area contributed by atoms with Crippen molar-refractivity contribution in [3.63, 3.8) is 0 Å². The van der Waals surface area contributed by atoms with E-state index in [4.69, 9.17) is 35.4 Å². The molecule has 0 saturated carbocycles. The van der Waals surface area contributed by atoms with Gasteiger partial charge in [0.15, 0.2) is 23.3 Å². The van der Waals surface area contributed by atoms with Gasteiger partial charge in [-0.15, -0.1) is 0 Å². The van der Waals surface area contributed by atoms with Crippen LogP contribution in [0.15, 0.2) is 194 Å². The van der Waals surface area contributed by atoms with Crippen LogP contribution in [0.5, 0.6) is 0 Å². The highest BCUT2D eigenvalue weighted by molar-refractivity contribution is 5.86. The molecule has 0 unspecified atom stereocenters. The molecule has 0 bridgehead atoms. The highest BCUT2D eigenvalue weighted by Crippen LogP contribution is 2.44. The number of rotatable bonds is 11. The molecule has 0 atom stereocenters. The van der Waals surface area contributed by atoms with Gasteiger partial charge < -0.3 is 4.90 Å². The van der Waals surface area contributed by atoms with Crippen molar-refractivity contribution in [1.29, 1.82) is 0 Å². The second-order valence-electron chi connectivity index (χ2n) is 16.7. The van der Waals surface area contributed by atoms with Crippen LogP contribution >= 0.6 is 0 Å². The van der Waals surface area contributed by atoms with E-state index in [1.165, 1.54) is 0 Å². The summed E-state index contributed by atoms with van der Waals surface area (Å²) in [6.45, 7) is 11.2. The second-order valence-corrected chi connectivity index (χ2v) is 16.7. The lowest BCUT2D eigenvalue weighted by atomic mass is 9.98. The maximum atomic E-state index is 9.16. The van der Waals surface area contributed by atoms with Crippen LogP contribution in [-0.2, 0) is 0 Å². The number of hydrogen-bond donors (Lipinski definition) is 0. The topological polar surface area (TPSA) is 83.8 Å². The minimum absolute atomic E-state index is 0.251. The van der Waals surface area contributed by atoms with Crippen LogP contribution < -0.4 is 9.80 Å². The van der Waals surface area contributed by atoms with E-state index in [1.54, 1.807) is 13.8 Å². The van der Waals surface area contributed by atoms with E-state index >= 15 is 0 Å². The molecular formula is C60H50N8. The molecule has 2 aromatic heterocycles. The van der Waals surface area contributed by atoms with Crippen molar-refractivity contribution in [3.05, 3.63) is 227 Å². The SMILES string of the molecule is [2H]c1c(C)c([2H])c(C)c(N(c2ccc(N(c3nc(-c4ccccc4)nc(-c4ccccc4)n3)c3nc(-c4ccccc4)nc(-c4ccccc4-c4ccccc4)n3)cc2)c2c(C)c([2H])c(C)c([2H])c2C)c1C. The standard InChI is InChI=1S/C60H50N8/c1-39-35-41(3)53(42(4)36-39)67(54-43(5)37-40(2)38-44(54)6)49-31-33-50(34-32-49)68(59-63-55(46-23-13-8-14-24-46)61-56(64-59)47-25-15-9-16-26-47)60-65-57(48-27-17-10-18-28-48)62-58(66-60)52-30-20-19-29-51(52)45-21-11-7-12-22-45/h7-38H,1-6H3/i35D,36D,37D,38D. The summed E-state index contributed by atoms with van der Waals surface area (Å²) in [5.74, 6) is 2.29. The zero-order valence-electron chi connectivity index (χ0n) is 42.7. The first-order chi connectivity index (χ1) is 34.9. The molecule has 8 heteroatoms. The lowest BCUT2D eigenvalue weighted by Gasteiger charge is -2.32. The second kappa shape index (κ2) is 18.7.